The topological polar surface area (TPSA) is 268 Å². The molecular weight excluding hydrogens is 803 g/mol. The lowest BCUT2D eigenvalue weighted by molar-refractivity contribution is -0.142. The van der Waals surface area contributed by atoms with Crippen LogP contribution in [-0.2, 0) is 33.5 Å². The van der Waals surface area contributed by atoms with E-state index in [1.165, 1.54) is 11.8 Å². The summed E-state index contributed by atoms with van der Waals surface area (Å²) in [6.45, 7) is 4.82. The van der Waals surface area contributed by atoms with Gasteiger partial charge >= 0.3 is 12.1 Å². The maximum atomic E-state index is 13.8. The Morgan fingerprint density at radius 3 is 2.13 bits per heavy atom. The van der Waals surface area contributed by atoms with Gasteiger partial charge in [0, 0.05) is 19.0 Å². The quantitative estimate of drug-likeness (QED) is 0.0748. The molecule has 2 aromatic carbocycles. The van der Waals surface area contributed by atoms with Crippen LogP contribution in [0.5, 0.6) is 5.75 Å². The number of fused-ring (bicyclic) bond motifs is 1. The predicted molar refractivity (Wildman–Crippen MR) is 230 cm³/mol. The highest BCUT2D eigenvalue weighted by Gasteiger charge is 2.39. The number of nitrogens with one attached hydrogen (secondary N) is 5. The van der Waals surface area contributed by atoms with Gasteiger partial charge in [-0.25, -0.2) is 4.79 Å². The Kier molecular flexibility index (Phi) is 19.7. The van der Waals surface area contributed by atoms with E-state index >= 15 is 0 Å². The largest absolute Gasteiger partial charge is 0.484 e. The van der Waals surface area contributed by atoms with Gasteiger partial charge in [0.15, 0.2) is 6.61 Å². The Morgan fingerprint density at radius 2 is 1.47 bits per heavy atom. The predicted octanol–water partition coefficient (Wildman–Crippen LogP) is 2.24. The molecule has 1 heterocycles. The van der Waals surface area contributed by atoms with Gasteiger partial charge in [0.25, 0.3) is 5.91 Å². The molecule has 18 nitrogen and oxygen atoms in total. The van der Waals surface area contributed by atoms with E-state index in [0.717, 1.165) is 42.9 Å². The van der Waals surface area contributed by atoms with Crippen molar-refractivity contribution in [1.29, 1.82) is 0 Å². The molecule has 62 heavy (non-hydrogen) atoms. The molecule has 342 valence electrons. The third-order valence-electron chi connectivity index (χ3n) is 11.3. The molecule has 4 rings (SSSR count). The van der Waals surface area contributed by atoms with Crippen LogP contribution in [0.25, 0.3) is 10.8 Å². The molecular formula is C44H65N7O11. The Labute approximate surface area is 362 Å². The zero-order valence-corrected chi connectivity index (χ0v) is 36.1. The number of carboxylic acids is 1. The number of carbonyl (C=O) groups excluding carboxylic acids is 6. The normalized spacial score (nSPS) is 17.8. The van der Waals surface area contributed by atoms with Crippen molar-refractivity contribution < 1.29 is 53.2 Å². The summed E-state index contributed by atoms with van der Waals surface area (Å²) in [5, 5.41) is 35.4. The maximum Gasteiger partial charge on any atom is 0.407 e. The molecule has 9 N–H and O–H groups in total. The van der Waals surface area contributed by atoms with Crippen LogP contribution in [-0.4, -0.2) is 125 Å². The molecule has 2 aliphatic rings. The van der Waals surface area contributed by atoms with E-state index < -0.39 is 90.3 Å². The first-order valence-electron chi connectivity index (χ1n) is 21.8. The van der Waals surface area contributed by atoms with E-state index in [4.69, 9.17) is 15.2 Å². The third kappa shape index (κ3) is 15.4. The number of nitrogens with zero attached hydrogens (tertiary/aromatic N) is 1. The summed E-state index contributed by atoms with van der Waals surface area (Å²) in [4.78, 5) is 93.9. The van der Waals surface area contributed by atoms with Gasteiger partial charge in [0.2, 0.25) is 23.6 Å². The molecule has 1 saturated carbocycles. The van der Waals surface area contributed by atoms with Gasteiger partial charge in [0.05, 0.1) is 12.1 Å². The first-order valence-corrected chi connectivity index (χ1v) is 21.8. The van der Waals surface area contributed by atoms with Crippen molar-refractivity contribution in [3.8, 4) is 5.75 Å². The number of nitrogens with two attached hydrogens (primary N) is 1. The molecule has 2 aromatic rings. The van der Waals surface area contributed by atoms with Gasteiger partial charge in [-0.15, -0.1) is 0 Å². The molecule has 0 bridgehead atoms. The summed E-state index contributed by atoms with van der Waals surface area (Å²) in [6.07, 6.45) is 4.44. The first kappa shape index (κ1) is 49.2. The van der Waals surface area contributed by atoms with Gasteiger partial charge in [0.1, 0.15) is 36.5 Å². The fourth-order valence-electron chi connectivity index (χ4n) is 7.74. The standard InChI is InChI=1S/C44H65N7O11/c1-27(2)38(49-40(56)34(17-9-10-22-45)47-36(53)26-61-33-19-18-29-12-7-8-13-30(29)24-33)42(58)48-35(20-21-37(54)55)41(57)50-39(28(3)52)43(59)51-23-11-16-32(51)25-62-44(60)46-31-14-5-4-6-15-31/h7-8,12-13,18-19,24,27-28,31-32,34-35,38-39,52H,4-6,9-11,14-17,20-23,25-26,45H2,1-3H3,(H,46,60)(H,47,53)(H,48,58)(H,49,56)(H,50,57)(H,54,55)/t28-,32+,34+,35+,38+,39+/m1/s1. The molecule has 0 radical (unpaired) electrons. The van der Waals surface area contributed by atoms with Crippen LogP contribution in [0, 0.1) is 5.92 Å². The number of ether oxygens (including phenoxy) is 2. The Morgan fingerprint density at radius 1 is 0.790 bits per heavy atom. The molecule has 2 fully saturated rings. The number of carboxylic acid groups (broad SMARTS) is 1. The molecule has 0 spiro atoms. The molecule has 6 amide bonds. The Bertz CT molecular complexity index is 1840. The third-order valence-corrected chi connectivity index (χ3v) is 11.3. The van der Waals surface area contributed by atoms with Gasteiger partial charge in [-0.2, -0.15) is 0 Å². The van der Waals surface area contributed by atoms with E-state index in [1.807, 2.05) is 30.3 Å². The number of aliphatic hydroxyl groups excluding tert-OH is 1. The monoisotopic (exact) mass is 867 g/mol. The van der Waals surface area contributed by atoms with Crippen molar-refractivity contribution in [3.05, 3.63) is 42.5 Å². The van der Waals surface area contributed by atoms with Gasteiger partial charge in [-0.05, 0) is 93.7 Å². The van der Waals surface area contributed by atoms with Crippen molar-refractivity contribution in [1.82, 2.24) is 31.5 Å². The van der Waals surface area contributed by atoms with Crippen molar-refractivity contribution in [3.63, 3.8) is 0 Å². The van der Waals surface area contributed by atoms with Gasteiger partial charge in [-0.3, -0.25) is 28.8 Å². The number of hydrogen-bond acceptors (Lipinski definition) is 11. The van der Waals surface area contributed by atoms with Crippen LogP contribution in [0.2, 0.25) is 0 Å². The number of rotatable bonds is 23. The fraction of sp³-hybridized carbons (Fsp3) is 0.614. The minimum absolute atomic E-state index is 0.0400. The van der Waals surface area contributed by atoms with E-state index in [-0.39, 0.29) is 38.6 Å². The van der Waals surface area contributed by atoms with E-state index in [0.29, 0.717) is 38.0 Å². The number of alkyl carbamates (subject to hydrolysis) is 1. The Balaban J connectivity index is 1.39. The van der Waals surface area contributed by atoms with Crippen molar-refractivity contribution >= 4 is 52.4 Å². The lowest BCUT2D eigenvalue weighted by Crippen LogP contribution is -2.61. The van der Waals surface area contributed by atoms with Crippen LogP contribution < -0.4 is 37.1 Å². The van der Waals surface area contributed by atoms with Crippen LogP contribution in [0.4, 0.5) is 4.79 Å². The summed E-state index contributed by atoms with van der Waals surface area (Å²) in [7, 11) is 0. The number of carbonyl (C=O) groups is 7. The Hall–Kier alpha value is -5.49. The number of aliphatic hydroxyl groups is 1. The van der Waals surface area contributed by atoms with E-state index in [9.17, 15) is 43.8 Å². The first-order chi connectivity index (χ1) is 29.7. The van der Waals surface area contributed by atoms with Gasteiger partial charge in [-0.1, -0.05) is 63.4 Å². The number of aliphatic carboxylic acids is 1. The van der Waals surface area contributed by atoms with Crippen molar-refractivity contribution in [2.45, 2.75) is 140 Å². The molecule has 0 unspecified atom stereocenters. The summed E-state index contributed by atoms with van der Waals surface area (Å²) in [5.41, 5.74) is 5.68. The smallest absolute Gasteiger partial charge is 0.407 e. The SMILES string of the molecule is CC(C)[C@H](NC(=O)[C@H](CCCCN)NC(=O)COc1ccc2ccccc2c1)C(=O)N[C@@H](CCC(=O)O)C(=O)N[C@H](C(=O)N1CCC[C@H]1COC(=O)NC1CCCCC1)[C@@H](C)O. The highest BCUT2D eigenvalue weighted by molar-refractivity contribution is 5.96. The molecule has 18 heteroatoms. The average Bonchev–Trinajstić information content (AvgIpc) is 3.72. The zero-order valence-electron chi connectivity index (χ0n) is 36.1. The maximum absolute atomic E-state index is 13.8. The lowest BCUT2D eigenvalue weighted by atomic mass is 9.96. The minimum Gasteiger partial charge on any atom is -0.484 e. The fourth-order valence-corrected chi connectivity index (χ4v) is 7.74. The molecule has 0 aromatic heterocycles. The summed E-state index contributed by atoms with van der Waals surface area (Å²) >= 11 is 0. The van der Waals surface area contributed by atoms with Crippen LogP contribution in [0.3, 0.4) is 0 Å². The minimum atomic E-state index is -1.49. The van der Waals surface area contributed by atoms with Crippen molar-refractivity contribution in [2.75, 3.05) is 26.3 Å². The zero-order chi connectivity index (χ0) is 45.2. The van der Waals surface area contributed by atoms with Gasteiger partial charge < -0.3 is 56.9 Å². The lowest BCUT2D eigenvalue weighted by Gasteiger charge is -2.32. The number of amides is 6. The number of hydrogen-bond donors (Lipinski definition) is 8. The second-order valence-electron chi connectivity index (χ2n) is 16.6. The highest BCUT2D eigenvalue weighted by Crippen LogP contribution is 2.22. The summed E-state index contributed by atoms with van der Waals surface area (Å²) in [6, 6.07) is 7.34. The summed E-state index contributed by atoms with van der Waals surface area (Å²) in [5.74, 6) is -4.93. The second-order valence-corrected chi connectivity index (χ2v) is 16.6. The average molecular weight is 868 g/mol. The number of benzene rings is 2. The van der Waals surface area contributed by atoms with Crippen molar-refractivity contribution in [2.24, 2.45) is 11.7 Å². The second kappa shape index (κ2) is 24.8. The molecule has 1 aliphatic heterocycles. The molecule has 6 atom stereocenters. The van der Waals surface area contributed by atoms with Crippen LogP contribution in [0.1, 0.15) is 97.8 Å². The highest BCUT2D eigenvalue weighted by atomic mass is 16.5. The molecule has 1 aliphatic carbocycles. The van der Waals surface area contributed by atoms with E-state index in [1.54, 1.807) is 26.0 Å². The van der Waals surface area contributed by atoms with Crippen LogP contribution >= 0.6 is 0 Å². The number of unbranched alkanes of at least 4 members (excludes halogenated alkanes) is 1. The summed E-state index contributed by atoms with van der Waals surface area (Å²) < 4.78 is 11.2. The van der Waals surface area contributed by atoms with Crippen LogP contribution in [0.15, 0.2) is 42.5 Å². The van der Waals surface area contributed by atoms with E-state index in [2.05, 4.69) is 26.6 Å². The molecule has 1 saturated heterocycles. The number of likely N-dealkylation sites (tertiary alicyclic amines) is 1.